The molecule has 0 saturated carbocycles. The zero-order valence-electron chi connectivity index (χ0n) is 17.9. The van der Waals surface area contributed by atoms with E-state index < -0.39 is 0 Å². The van der Waals surface area contributed by atoms with Gasteiger partial charge in [-0.25, -0.2) is 4.79 Å². The normalized spacial score (nSPS) is 17.1. The molecule has 2 aromatic rings. The lowest BCUT2D eigenvalue weighted by Crippen LogP contribution is -2.38. The molecule has 1 aliphatic heterocycles. The average Bonchev–Trinajstić information content (AvgIpc) is 2.66. The lowest BCUT2D eigenvalue weighted by molar-refractivity contribution is -0.143. The number of aryl methyl sites for hydroxylation is 2. The summed E-state index contributed by atoms with van der Waals surface area (Å²) in [6.45, 7) is 10.0. The first-order chi connectivity index (χ1) is 13.8. The van der Waals surface area contributed by atoms with Gasteiger partial charge < -0.3 is 9.64 Å². The number of hydrogen-bond acceptors (Lipinski definition) is 3. The first-order valence-corrected chi connectivity index (χ1v) is 10.1. The summed E-state index contributed by atoms with van der Waals surface area (Å²) in [7, 11) is 0. The van der Waals surface area contributed by atoms with Gasteiger partial charge in [0.1, 0.15) is 0 Å². The summed E-state index contributed by atoms with van der Waals surface area (Å²) in [4.78, 5) is 27.8. The standard InChI is InChI=1S/C25H29NO3/c1-16(2)29-25(28)24-19(5)26(15-20-10-6-17(3)7-11-20)23(27)14-22(24)21-12-8-18(4)9-13-21/h6-13,16,22H,14-15H2,1-5H3/t22-/m0/s1. The van der Waals surface area contributed by atoms with Crippen LogP contribution in [0, 0.1) is 13.8 Å². The van der Waals surface area contributed by atoms with Crippen LogP contribution in [0.15, 0.2) is 59.8 Å². The van der Waals surface area contributed by atoms with Crippen molar-refractivity contribution in [2.24, 2.45) is 0 Å². The number of allylic oxidation sites excluding steroid dienone is 1. The van der Waals surface area contributed by atoms with E-state index in [0.717, 1.165) is 16.7 Å². The maximum atomic E-state index is 13.1. The van der Waals surface area contributed by atoms with Crippen molar-refractivity contribution in [1.82, 2.24) is 4.90 Å². The van der Waals surface area contributed by atoms with E-state index in [1.807, 2.05) is 83.1 Å². The fraction of sp³-hybridized carbons (Fsp3) is 0.360. The summed E-state index contributed by atoms with van der Waals surface area (Å²) < 4.78 is 5.55. The maximum absolute atomic E-state index is 13.1. The zero-order chi connectivity index (χ0) is 21.1. The van der Waals surface area contributed by atoms with Gasteiger partial charge in [0.15, 0.2) is 0 Å². The number of amides is 1. The largest absolute Gasteiger partial charge is 0.460 e. The molecule has 1 aliphatic rings. The number of ether oxygens (including phenoxy) is 1. The Morgan fingerprint density at radius 1 is 1.00 bits per heavy atom. The van der Waals surface area contributed by atoms with E-state index >= 15 is 0 Å². The molecule has 0 N–H and O–H groups in total. The number of hydrogen-bond donors (Lipinski definition) is 0. The molecule has 0 aliphatic carbocycles. The van der Waals surface area contributed by atoms with Crippen LogP contribution in [-0.2, 0) is 20.9 Å². The van der Waals surface area contributed by atoms with Crippen molar-refractivity contribution in [2.75, 3.05) is 0 Å². The van der Waals surface area contributed by atoms with Gasteiger partial charge in [0.2, 0.25) is 5.91 Å². The molecular weight excluding hydrogens is 362 g/mol. The van der Waals surface area contributed by atoms with Gasteiger partial charge in [-0.05, 0) is 45.7 Å². The predicted molar refractivity (Wildman–Crippen MR) is 114 cm³/mol. The van der Waals surface area contributed by atoms with Gasteiger partial charge in [-0.1, -0.05) is 59.7 Å². The second kappa shape index (κ2) is 8.64. The Hall–Kier alpha value is -2.88. The highest BCUT2D eigenvalue weighted by molar-refractivity contribution is 5.96. The van der Waals surface area contributed by atoms with Crippen LogP contribution in [0.4, 0.5) is 0 Å². The average molecular weight is 392 g/mol. The van der Waals surface area contributed by atoms with Crippen molar-refractivity contribution < 1.29 is 14.3 Å². The Morgan fingerprint density at radius 3 is 2.10 bits per heavy atom. The highest BCUT2D eigenvalue weighted by atomic mass is 16.5. The molecule has 0 spiro atoms. The molecule has 0 unspecified atom stereocenters. The summed E-state index contributed by atoms with van der Waals surface area (Å²) in [5.74, 6) is -0.608. The third kappa shape index (κ3) is 4.76. The zero-order valence-corrected chi connectivity index (χ0v) is 17.9. The van der Waals surface area contributed by atoms with Crippen LogP contribution in [0.2, 0.25) is 0 Å². The first kappa shape index (κ1) is 20.8. The van der Waals surface area contributed by atoms with E-state index in [1.54, 1.807) is 4.90 Å². The number of esters is 1. The maximum Gasteiger partial charge on any atom is 0.336 e. The quantitative estimate of drug-likeness (QED) is 0.671. The SMILES string of the molecule is CC1=C(C(=O)OC(C)C)[C@H](c2ccc(C)cc2)CC(=O)N1Cc1ccc(C)cc1. The van der Waals surface area contributed by atoms with Crippen molar-refractivity contribution in [3.05, 3.63) is 82.1 Å². The number of benzene rings is 2. The number of carbonyl (C=O) groups is 2. The Labute approximate surface area is 173 Å². The van der Waals surface area contributed by atoms with Gasteiger partial charge in [0.05, 0.1) is 18.2 Å². The summed E-state index contributed by atoms with van der Waals surface area (Å²) in [5.41, 5.74) is 5.57. The topological polar surface area (TPSA) is 46.6 Å². The van der Waals surface area contributed by atoms with Gasteiger partial charge in [-0.15, -0.1) is 0 Å². The number of nitrogens with zero attached hydrogens (tertiary/aromatic N) is 1. The molecule has 29 heavy (non-hydrogen) atoms. The van der Waals surface area contributed by atoms with Crippen LogP contribution in [0.25, 0.3) is 0 Å². The Bertz CT molecular complexity index is 924. The Kier molecular flexibility index (Phi) is 6.21. The molecule has 3 rings (SSSR count). The van der Waals surface area contributed by atoms with E-state index in [9.17, 15) is 9.59 Å². The van der Waals surface area contributed by atoms with Crippen LogP contribution >= 0.6 is 0 Å². The highest BCUT2D eigenvalue weighted by Crippen LogP contribution is 2.38. The molecule has 0 aromatic heterocycles. The van der Waals surface area contributed by atoms with Crippen molar-refractivity contribution in [3.8, 4) is 0 Å². The van der Waals surface area contributed by atoms with Gasteiger partial charge in [-0.2, -0.15) is 0 Å². The Morgan fingerprint density at radius 2 is 1.55 bits per heavy atom. The molecule has 1 atom stereocenters. The molecular formula is C25H29NO3. The minimum absolute atomic E-state index is 0.0229. The lowest BCUT2D eigenvalue weighted by atomic mass is 9.83. The molecule has 4 nitrogen and oxygen atoms in total. The van der Waals surface area contributed by atoms with Gasteiger partial charge in [0, 0.05) is 18.0 Å². The van der Waals surface area contributed by atoms with E-state index in [2.05, 4.69) is 0 Å². The van der Waals surface area contributed by atoms with Crippen LogP contribution in [0.1, 0.15) is 55.4 Å². The monoisotopic (exact) mass is 391 g/mol. The van der Waals surface area contributed by atoms with Crippen molar-refractivity contribution in [2.45, 2.75) is 59.6 Å². The third-order valence-corrected chi connectivity index (χ3v) is 5.33. The summed E-state index contributed by atoms with van der Waals surface area (Å²) in [6.07, 6.45) is 0.0408. The smallest absolute Gasteiger partial charge is 0.336 e. The van der Waals surface area contributed by atoms with Crippen molar-refractivity contribution in [3.63, 3.8) is 0 Å². The summed E-state index contributed by atoms with van der Waals surface area (Å²) >= 11 is 0. The second-order valence-electron chi connectivity index (χ2n) is 8.09. The molecule has 0 fully saturated rings. The molecule has 1 amide bonds. The molecule has 4 heteroatoms. The molecule has 152 valence electrons. The predicted octanol–water partition coefficient (Wildman–Crippen LogP) is 5.05. The Balaban J connectivity index is 2.01. The number of rotatable bonds is 5. The minimum atomic E-state index is -0.343. The first-order valence-electron chi connectivity index (χ1n) is 10.1. The summed E-state index contributed by atoms with van der Waals surface area (Å²) in [6, 6.07) is 16.1. The van der Waals surface area contributed by atoms with Gasteiger partial charge >= 0.3 is 5.97 Å². The van der Waals surface area contributed by atoms with Crippen molar-refractivity contribution in [1.29, 1.82) is 0 Å². The van der Waals surface area contributed by atoms with E-state index in [0.29, 0.717) is 17.8 Å². The number of carbonyl (C=O) groups excluding carboxylic acids is 2. The molecule has 0 saturated heterocycles. The van der Waals surface area contributed by atoms with E-state index in [-0.39, 0.29) is 30.3 Å². The van der Waals surface area contributed by atoms with Crippen LogP contribution in [-0.4, -0.2) is 22.9 Å². The third-order valence-electron chi connectivity index (χ3n) is 5.33. The van der Waals surface area contributed by atoms with Crippen LogP contribution in [0.5, 0.6) is 0 Å². The highest BCUT2D eigenvalue weighted by Gasteiger charge is 2.37. The van der Waals surface area contributed by atoms with E-state index in [4.69, 9.17) is 4.74 Å². The molecule has 0 radical (unpaired) electrons. The van der Waals surface area contributed by atoms with Gasteiger partial charge in [0.25, 0.3) is 0 Å². The van der Waals surface area contributed by atoms with E-state index in [1.165, 1.54) is 5.56 Å². The van der Waals surface area contributed by atoms with Gasteiger partial charge in [-0.3, -0.25) is 4.79 Å². The summed E-state index contributed by atoms with van der Waals surface area (Å²) in [5, 5.41) is 0. The van der Waals surface area contributed by atoms with Crippen molar-refractivity contribution >= 4 is 11.9 Å². The molecule has 0 bridgehead atoms. The second-order valence-corrected chi connectivity index (χ2v) is 8.09. The fourth-order valence-electron chi connectivity index (χ4n) is 3.71. The fourth-order valence-corrected chi connectivity index (χ4v) is 3.71. The molecule has 1 heterocycles. The van der Waals surface area contributed by atoms with Crippen LogP contribution < -0.4 is 0 Å². The lowest BCUT2D eigenvalue weighted by Gasteiger charge is -2.35. The minimum Gasteiger partial charge on any atom is -0.460 e. The van der Waals surface area contributed by atoms with Crippen LogP contribution in [0.3, 0.4) is 0 Å². The molecule has 2 aromatic carbocycles.